The number of hydrogen-bond donors (Lipinski definition) is 2. The van der Waals surface area contributed by atoms with Crippen molar-refractivity contribution in [3.63, 3.8) is 0 Å². The summed E-state index contributed by atoms with van der Waals surface area (Å²) in [5, 5.41) is 8.40. The van der Waals surface area contributed by atoms with Crippen LogP contribution in [0.2, 0.25) is 0 Å². The average molecular weight is 340 g/mol. The number of carboxylic acid groups (broad SMARTS) is 1. The van der Waals surface area contributed by atoms with E-state index in [-0.39, 0.29) is 23.9 Å². The summed E-state index contributed by atoms with van der Waals surface area (Å²) in [6.45, 7) is -0.0550. The molecule has 100 valence electrons. The molecule has 0 unspecified atom stereocenters. The van der Waals surface area contributed by atoms with Crippen molar-refractivity contribution in [2.45, 2.75) is 17.7 Å². The summed E-state index contributed by atoms with van der Waals surface area (Å²) in [6, 6.07) is 3.93. The fourth-order valence-corrected chi connectivity index (χ4v) is 2.89. The summed E-state index contributed by atoms with van der Waals surface area (Å²) < 4.78 is 39.2. The van der Waals surface area contributed by atoms with Crippen molar-refractivity contribution >= 4 is 31.9 Å². The fourth-order valence-electron chi connectivity index (χ4n) is 1.22. The quantitative estimate of drug-likeness (QED) is 0.773. The first-order chi connectivity index (χ1) is 8.34. The molecule has 0 fully saturated rings. The second-order valence-corrected chi connectivity index (χ2v) is 6.04. The molecular formula is C10H11BrFNO4S. The molecule has 0 saturated carbocycles. The van der Waals surface area contributed by atoms with Gasteiger partial charge in [0, 0.05) is 13.0 Å². The van der Waals surface area contributed by atoms with Gasteiger partial charge in [-0.1, -0.05) is 6.07 Å². The number of benzene rings is 1. The highest BCUT2D eigenvalue weighted by molar-refractivity contribution is 9.10. The SMILES string of the molecule is O=C(O)CCCNS(=O)(=O)c1cccc(Br)c1F. The van der Waals surface area contributed by atoms with E-state index in [0.717, 1.165) is 6.07 Å². The molecule has 0 aliphatic carbocycles. The molecule has 0 heterocycles. The van der Waals surface area contributed by atoms with E-state index in [1.165, 1.54) is 12.1 Å². The number of carbonyl (C=O) groups is 1. The molecule has 1 aromatic rings. The zero-order chi connectivity index (χ0) is 13.8. The molecule has 0 radical (unpaired) electrons. The Balaban J connectivity index is 2.75. The number of aliphatic carboxylic acids is 1. The van der Waals surface area contributed by atoms with Crippen LogP contribution < -0.4 is 4.72 Å². The van der Waals surface area contributed by atoms with E-state index >= 15 is 0 Å². The Bertz CT molecular complexity index is 547. The van der Waals surface area contributed by atoms with Crippen LogP contribution in [-0.4, -0.2) is 26.0 Å². The van der Waals surface area contributed by atoms with Gasteiger partial charge in [-0.3, -0.25) is 4.79 Å². The zero-order valence-corrected chi connectivity index (χ0v) is 11.6. The van der Waals surface area contributed by atoms with Gasteiger partial charge in [0.1, 0.15) is 4.90 Å². The van der Waals surface area contributed by atoms with Crippen molar-refractivity contribution in [1.29, 1.82) is 0 Å². The average Bonchev–Trinajstić information content (AvgIpc) is 2.28. The molecular weight excluding hydrogens is 329 g/mol. The van der Waals surface area contributed by atoms with Crippen molar-refractivity contribution in [1.82, 2.24) is 4.72 Å². The van der Waals surface area contributed by atoms with Crippen molar-refractivity contribution in [3.05, 3.63) is 28.5 Å². The van der Waals surface area contributed by atoms with Crippen LogP contribution in [0, 0.1) is 5.82 Å². The van der Waals surface area contributed by atoms with Gasteiger partial charge >= 0.3 is 5.97 Å². The normalized spacial score (nSPS) is 11.4. The second kappa shape index (κ2) is 6.26. The van der Waals surface area contributed by atoms with Crippen molar-refractivity contribution in [2.24, 2.45) is 0 Å². The van der Waals surface area contributed by atoms with Crippen LogP contribution in [-0.2, 0) is 14.8 Å². The monoisotopic (exact) mass is 339 g/mol. The first-order valence-electron chi connectivity index (χ1n) is 5.00. The third-order valence-electron chi connectivity index (χ3n) is 2.07. The first kappa shape index (κ1) is 15.1. The number of nitrogens with one attached hydrogen (secondary N) is 1. The van der Waals surface area contributed by atoms with Crippen LogP contribution in [0.4, 0.5) is 4.39 Å². The molecule has 0 spiro atoms. The Labute approximate surface area is 112 Å². The number of rotatable bonds is 6. The summed E-state index contributed by atoms with van der Waals surface area (Å²) in [7, 11) is -3.96. The Kier molecular flexibility index (Phi) is 5.24. The minimum absolute atomic E-state index is 0.0518. The maximum Gasteiger partial charge on any atom is 0.303 e. The summed E-state index contributed by atoms with van der Waals surface area (Å²) >= 11 is 2.89. The van der Waals surface area contributed by atoms with E-state index < -0.39 is 26.7 Å². The topological polar surface area (TPSA) is 83.5 Å². The molecule has 5 nitrogen and oxygen atoms in total. The summed E-state index contributed by atoms with van der Waals surface area (Å²) in [4.78, 5) is 9.78. The van der Waals surface area contributed by atoms with Crippen molar-refractivity contribution < 1.29 is 22.7 Å². The van der Waals surface area contributed by atoms with Crippen LogP contribution in [0.5, 0.6) is 0 Å². The molecule has 0 atom stereocenters. The molecule has 2 N–H and O–H groups in total. The summed E-state index contributed by atoms with van der Waals surface area (Å²) in [5.41, 5.74) is 0. The summed E-state index contributed by atoms with van der Waals surface area (Å²) in [5.74, 6) is -1.88. The standard InChI is InChI=1S/C10H11BrFNO4S/c11-7-3-1-4-8(10(7)12)18(16,17)13-6-2-5-9(14)15/h1,3-4,13H,2,5-6H2,(H,14,15). The first-order valence-corrected chi connectivity index (χ1v) is 7.27. The molecule has 1 rings (SSSR count). The predicted molar refractivity (Wildman–Crippen MR) is 66.2 cm³/mol. The Morgan fingerprint density at radius 2 is 2.11 bits per heavy atom. The van der Waals surface area contributed by atoms with E-state index in [1.54, 1.807) is 0 Å². The smallest absolute Gasteiger partial charge is 0.303 e. The highest BCUT2D eigenvalue weighted by Crippen LogP contribution is 2.22. The lowest BCUT2D eigenvalue weighted by molar-refractivity contribution is -0.137. The highest BCUT2D eigenvalue weighted by Gasteiger charge is 2.19. The van der Waals surface area contributed by atoms with E-state index in [0.29, 0.717) is 0 Å². The van der Waals surface area contributed by atoms with Gasteiger partial charge in [-0.05, 0) is 34.5 Å². The van der Waals surface area contributed by atoms with E-state index in [2.05, 4.69) is 20.7 Å². The molecule has 8 heteroatoms. The predicted octanol–water partition coefficient (Wildman–Crippen LogP) is 1.73. The van der Waals surface area contributed by atoms with E-state index in [1.807, 2.05) is 0 Å². The highest BCUT2D eigenvalue weighted by atomic mass is 79.9. The van der Waals surface area contributed by atoms with Crippen molar-refractivity contribution in [3.8, 4) is 0 Å². The molecule has 1 aromatic carbocycles. The minimum atomic E-state index is -3.96. The minimum Gasteiger partial charge on any atom is -0.481 e. The van der Waals surface area contributed by atoms with Crippen LogP contribution in [0.3, 0.4) is 0 Å². The van der Waals surface area contributed by atoms with Crippen LogP contribution in [0.15, 0.2) is 27.6 Å². The summed E-state index contributed by atoms with van der Waals surface area (Å²) in [6.07, 6.45) is -0.00628. The molecule has 0 aliphatic rings. The molecule has 0 amide bonds. The van der Waals surface area contributed by atoms with E-state index in [4.69, 9.17) is 5.11 Å². The van der Waals surface area contributed by atoms with Gasteiger partial charge in [-0.15, -0.1) is 0 Å². The molecule has 0 bridgehead atoms. The zero-order valence-electron chi connectivity index (χ0n) is 9.19. The number of hydrogen-bond acceptors (Lipinski definition) is 3. The van der Waals surface area contributed by atoms with Gasteiger partial charge in [-0.25, -0.2) is 17.5 Å². The maximum atomic E-state index is 13.6. The fraction of sp³-hybridized carbons (Fsp3) is 0.300. The van der Waals surface area contributed by atoms with Crippen LogP contribution in [0.25, 0.3) is 0 Å². The van der Waals surface area contributed by atoms with Gasteiger partial charge in [0.15, 0.2) is 5.82 Å². The van der Waals surface area contributed by atoms with Gasteiger partial charge in [-0.2, -0.15) is 0 Å². The van der Waals surface area contributed by atoms with Crippen molar-refractivity contribution in [2.75, 3.05) is 6.54 Å². The Hall–Kier alpha value is -0.990. The van der Waals surface area contributed by atoms with Gasteiger partial charge in [0.05, 0.1) is 4.47 Å². The largest absolute Gasteiger partial charge is 0.481 e. The Morgan fingerprint density at radius 1 is 1.44 bits per heavy atom. The van der Waals surface area contributed by atoms with E-state index in [9.17, 15) is 17.6 Å². The maximum absolute atomic E-state index is 13.6. The molecule has 18 heavy (non-hydrogen) atoms. The van der Waals surface area contributed by atoms with Gasteiger partial charge in [0.25, 0.3) is 0 Å². The second-order valence-electron chi connectivity index (χ2n) is 3.45. The lowest BCUT2D eigenvalue weighted by Crippen LogP contribution is -2.26. The third kappa shape index (κ3) is 4.04. The number of halogens is 2. The Morgan fingerprint density at radius 3 is 2.72 bits per heavy atom. The lowest BCUT2D eigenvalue weighted by Gasteiger charge is -2.07. The van der Waals surface area contributed by atoms with Crippen LogP contribution >= 0.6 is 15.9 Å². The third-order valence-corrected chi connectivity index (χ3v) is 4.16. The number of sulfonamides is 1. The lowest BCUT2D eigenvalue weighted by atomic mass is 10.3. The van der Waals surface area contributed by atoms with Gasteiger partial charge < -0.3 is 5.11 Å². The van der Waals surface area contributed by atoms with Gasteiger partial charge in [0.2, 0.25) is 10.0 Å². The number of carboxylic acids is 1. The molecule has 0 aliphatic heterocycles. The molecule has 0 saturated heterocycles. The van der Waals surface area contributed by atoms with Crippen LogP contribution in [0.1, 0.15) is 12.8 Å². The molecule has 0 aromatic heterocycles.